The summed E-state index contributed by atoms with van der Waals surface area (Å²) in [5.74, 6) is 0.777. The molecule has 0 bridgehead atoms. The van der Waals surface area contributed by atoms with Crippen molar-refractivity contribution in [2.75, 3.05) is 6.54 Å². The van der Waals surface area contributed by atoms with E-state index in [0.717, 1.165) is 40.5 Å². The number of pyridine rings is 1. The highest BCUT2D eigenvalue weighted by atomic mass is 32.2. The largest absolute Gasteiger partial charge is 0.352 e. The van der Waals surface area contributed by atoms with Crippen LogP contribution in [0.2, 0.25) is 0 Å². The standard InChI is InChI=1S/C30H32N4OS/c1-22-6-5-9-25(18-22)20-34-28-19-31-16-15-27(28)33-30(34)36-21-24-10-12-26(13-11-24)29(35)32-17-14-23-7-3-2-4-8-23/h5-7,9-13,15-16,18-19H,2-4,8,14,17,20-21H2,1H3,(H,32,35). The number of hydrogen-bond acceptors (Lipinski definition) is 4. The highest BCUT2D eigenvalue weighted by Gasteiger charge is 2.13. The number of rotatable bonds is 9. The first-order valence-electron chi connectivity index (χ1n) is 12.7. The van der Waals surface area contributed by atoms with Crippen LogP contribution in [0, 0.1) is 6.92 Å². The van der Waals surface area contributed by atoms with Crippen molar-refractivity contribution in [3.05, 3.63) is 101 Å². The minimum Gasteiger partial charge on any atom is -0.352 e. The first-order chi connectivity index (χ1) is 17.7. The quantitative estimate of drug-likeness (QED) is 0.207. The fourth-order valence-electron chi connectivity index (χ4n) is 4.67. The lowest BCUT2D eigenvalue weighted by atomic mass is 9.97. The van der Waals surface area contributed by atoms with Crippen LogP contribution in [0.3, 0.4) is 0 Å². The minimum absolute atomic E-state index is 0.00180. The maximum atomic E-state index is 12.6. The summed E-state index contributed by atoms with van der Waals surface area (Å²) in [5.41, 5.74) is 7.84. The van der Waals surface area contributed by atoms with Gasteiger partial charge in [-0.2, -0.15) is 0 Å². The second-order valence-electron chi connectivity index (χ2n) is 9.43. The number of carbonyl (C=O) groups excluding carboxylic acids is 1. The first kappa shape index (κ1) is 24.3. The van der Waals surface area contributed by atoms with Crippen LogP contribution in [0.4, 0.5) is 0 Å². The first-order valence-corrected chi connectivity index (χ1v) is 13.7. The van der Waals surface area contributed by atoms with E-state index in [0.29, 0.717) is 12.1 Å². The lowest BCUT2D eigenvalue weighted by molar-refractivity contribution is 0.0954. The Balaban J connectivity index is 1.22. The van der Waals surface area contributed by atoms with E-state index in [4.69, 9.17) is 4.98 Å². The monoisotopic (exact) mass is 496 g/mol. The van der Waals surface area contributed by atoms with E-state index >= 15 is 0 Å². The fraction of sp³-hybridized carbons (Fsp3) is 0.300. The molecule has 5 nitrogen and oxygen atoms in total. The number of fused-ring (bicyclic) bond motifs is 1. The van der Waals surface area contributed by atoms with Gasteiger partial charge in [-0.1, -0.05) is 65.4 Å². The van der Waals surface area contributed by atoms with Gasteiger partial charge in [0.05, 0.1) is 23.8 Å². The Kier molecular flexibility index (Phi) is 7.82. The Morgan fingerprint density at radius 1 is 1.08 bits per heavy atom. The van der Waals surface area contributed by atoms with Gasteiger partial charge in [0.1, 0.15) is 0 Å². The lowest BCUT2D eigenvalue weighted by Gasteiger charge is -2.13. The predicted octanol–water partition coefficient (Wildman–Crippen LogP) is 6.70. The number of nitrogens with one attached hydrogen (secondary N) is 1. The van der Waals surface area contributed by atoms with Gasteiger partial charge in [-0.15, -0.1) is 0 Å². The van der Waals surface area contributed by atoms with Crippen LogP contribution in [0.1, 0.15) is 59.2 Å². The van der Waals surface area contributed by atoms with Gasteiger partial charge in [-0.25, -0.2) is 4.98 Å². The number of aryl methyl sites for hydroxylation is 1. The van der Waals surface area contributed by atoms with Gasteiger partial charge in [0.15, 0.2) is 5.16 Å². The molecule has 1 amide bonds. The maximum Gasteiger partial charge on any atom is 0.251 e. The molecule has 0 aliphatic heterocycles. The summed E-state index contributed by atoms with van der Waals surface area (Å²) in [5, 5.41) is 4.04. The van der Waals surface area contributed by atoms with Crippen molar-refractivity contribution in [2.24, 2.45) is 0 Å². The molecule has 0 saturated carbocycles. The van der Waals surface area contributed by atoms with Crippen LogP contribution >= 0.6 is 11.8 Å². The zero-order valence-electron chi connectivity index (χ0n) is 20.7. The van der Waals surface area contributed by atoms with E-state index in [2.05, 4.69) is 52.1 Å². The molecule has 36 heavy (non-hydrogen) atoms. The summed E-state index contributed by atoms with van der Waals surface area (Å²) in [4.78, 5) is 21.8. The van der Waals surface area contributed by atoms with Gasteiger partial charge in [0.2, 0.25) is 0 Å². The summed E-state index contributed by atoms with van der Waals surface area (Å²) >= 11 is 1.71. The molecule has 0 radical (unpaired) electrons. The molecular formula is C30H32N4OS. The van der Waals surface area contributed by atoms with E-state index in [-0.39, 0.29) is 5.91 Å². The summed E-state index contributed by atoms with van der Waals surface area (Å²) in [6.07, 6.45) is 11.9. The summed E-state index contributed by atoms with van der Waals surface area (Å²) < 4.78 is 2.24. The topological polar surface area (TPSA) is 59.8 Å². The van der Waals surface area contributed by atoms with Gasteiger partial charge in [-0.05, 0) is 68.4 Å². The predicted molar refractivity (Wildman–Crippen MR) is 147 cm³/mol. The van der Waals surface area contributed by atoms with E-state index in [1.165, 1.54) is 42.4 Å². The van der Waals surface area contributed by atoms with Gasteiger partial charge in [-0.3, -0.25) is 9.78 Å². The number of carbonyl (C=O) groups is 1. The molecule has 0 spiro atoms. The number of nitrogens with zero attached hydrogens (tertiary/aromatic N) is 3. The molecule has 0 saturated heterocycles. The normalized spacial score (nSPS) is 13.5. The van der Waals surface area contributed by atoms with E-state index in [9.17, 15) is 4.79 Å². The molecule has 0 fully saturated rings. The van der Waals surface area contributed by atoms with E-state index in [1.807, 2.05) is 36.5 Å². The van der Waals surface area contributed by atoms with Crippen molar-refractivity contribution >= 4 is 28.7 Å². The van der Waals surface area contributed by atoms with Gasteiger partial charge < -0.3 is 9.88 Å². The maximum absolute atomic E-state index is 12.6. The Morgan fingerprint density at radius 3 is 2.78 bits per heavy atom. The Labute approximate surface area is 217 Å². The van der Waals surface area contributed by atoms with Gasteiger partial charge in [0, 0.05) is 24.1 Å². The fourth-order valence-corrected chi connectivity index (χ4v) is 5.64. The zero-order chi connectivity index (χ0) is 24.7. The third kappa shape index (κ3) is 6.05. The number of allylic oxidation sites excluding steroid dienone is 1. The number of imidazole rings is 1. The molecule has 1 aliphatic rings. The van der Waals surface area contributed by atoms with Crippen LogP contribution in [-0.2, 0) is 12.3 Å². The molecule has 5 rings (SSSR count). The second kappa shape index (κ2) is 11.6. The third-order valence-electron chi connectivity index (χ3n) is 6.64. The molecule has 4 aromatic rings. The number of aromatic nitrogens is 3. The number of thioether (sulfide) groups is 1. The molecule has 6 heteroatoms. The summed E-state index contributed by atoms with van der Waals surface area (Å²) in [6.45, 7) is 3.57. The average Bonchev–Trinajstić information content (AvgIpc) is 3.25. The molecule has 2 aromatic heterocycles. The average molecular weight is 497 g/mol. The SMILES string of the molecule is Cc1cccc(Cn2c(SCc3ccc(C(=O)NCCC4=CCCCC4)cc3)nc3ccncc32)c1. The highest BCUT2D eigenvalue weighted by Crippen LogP contribution is 2.28. The molecule has 1 N–H and O–H groups in total. The molecule has 0 unspecified atom stereocenters. The van der Waals surface area contributed by atoms with Crippen molar-refractivity contribution in [1.82, 2.24) is 19.9 Å². The molecule has 2 aromatic carbocycles. The van der Waals surface area contributed by atoms with Crippen LogP contribution in [0.5, 0.6) is 0 Å². The molecule has 184 valence electrons. The minimum atomic E-state index is -0.00180. The third-order valence-corrected chi connectivity index (χ3v) is 7.69. The Bertz CT molecular complexity index is 1370. The number of amides is 1. The van der Waals surface area contributed by atoms with E-state index < -0.39 is 0 Å². The summed E-state index contributed by atoms with van der Waals surface area (Å²) in [6, 6.07) is 18.5. The van der Waals surface area contributed by atoms with Crippen molar-refractivity contribution in [2.45, 2.75) is 56.5 Å². The van der Waals surface area contributed by atoms with Crippen LogP contribution in [0.25, 0.3) is 11.0 Å². The molecule has 0 atom stereocenters. The van der Waals surface area contributed by atoms with Gasteiger partial charge >= 0.3 is 0 Å². The lowest BCUT2D eigenvalue weighted by Crippen LogP contribution is -2.24. The number of benzene rings is 2. The smallest absolute Gasteiger partial charge is 0.251 e. The summed E-state index contributed by atoms with van der Waals surface area (Å²) in [7, 11) is 0. The molecule has 1 aliphatic carbocycles. The molecule has 2 heterocycles. The van der Waals surface area contributed by atoms with Crippen molar-refractivity contribution in [1.29, 1.82) is 0 Å². The number of hydrogen-bond donors (Lipinski definition) is 1. The van der Waals surface area contributed by atoms with E-state index in [1.54, 1.807) is 18.0 Å². The van der Waals surface area contributed by atoms with Crippen molar-refractivity contribution in [3.8, 4) is 0 Å². The highest BCUT2D eigenvalue weighted by molar-refractivity contribution is 7.98. The van der Waals surface area contributed by atoms with Gasteiger partial charge in [0.25, 0.3) is 5.91 Å². The van der Waals surface area contributed by atoms with Crippen molar-refractivity contribution in [3.63, 3.8) is 0 Å². The van der Waals surface area contributed by atoms with Crippen LogP contribution < -0.4 is 5.32 Å². The second-order valence-corrected chi connectivity index (χ2v) is 10.4. The van der Waals surface area contributed by atoms with Crippen LogP contribution in [0.15, 0.2) is 83.8 Å². The van der Waals surface area contributed by atoms with Crippen LogP contribution in [-0.4, -0.2) is 27.0 Å². The molecular weight excluding hydrogens is 464 g/mol. The zero-order valence-corrected chi connectivity index (χ0v) is 21.6. The Hall–Kier alpha value is -3.38. The van der Waals surface area contributed by atoms with Crippen molar-refractivity contribution < 1.29 is 4.79 Å². The Morgan fingerprint density at radius 2 is 1.97 bits per heavy atom.